The van der Waals surface area contributed by atoms with Crippen LogP contribution in [0.4, 0.5) is 0 Å². The van der Waals surface area contributed by atoms with Gasteiger partial charge in [-0.1, -0.05) is 42.5 Å². The number of quaternary nitrogens is 1. The Balaban J connectivity index is 1.71. The topological polar surface area (TPSA) is 3.24 Å². The van der Waals surface area contributed by atoms with Crippen LogP contribution in [0.15, 0.2) is 42.5 Å². The van der Waals surface area contributed by atoms with Gasteiger partial charge in [0.1, 0.15) is 6.54 Å². The molecule has 98 valence electrons. The molecule has 2 bridgehead atoms. The van der Waals surface area contributed by atoms with Crippen LogP contribution >= 0.6 is 0 Å². The van der Waals surface area contributed by atoms with E-state index in [1.165, 1.54) is 66.6 Å². The quantitative estimate of drug-likeness (QED) is 0.743. The summed E-state index contributed by atoms with van der Waals surface area (Å²) in [4.78, 5) is 2.61. The highest BCUT2D eigenvalue weighted by molar-refractivity contribution is 5.85. The Bertz CT molecular complexity index is 578. The van der Waals surface area contributed by atoms with E-state index in [9.17, 15) is 0 Å². The van der Waals surface area contributed by atoms with Crippen LogP contribution in [0.1, 0.15) is 5.56 Å². The van der Waals surface area contributed by atoms with E-state index >= 15 is 0 Å². The molecule has 3 fully saturated rings. The highest BCUT2D eigenvalue weighted by Gasteiger charge is 2.38. The largest absolute Gasteiger partial charge is 0.317 e. The van der Waals surface area contributed by atoms with Crippen LogP contribution in [-0.4, -0.2) is 48.7 Å². The number of hydrogen-bond acceptors (Lipinski definition) is 1. The van der Waals surface area contributed by atoms with Crippen molar-refractivity contribution < 1.29 is 4.48 Å². The minimum Gasteiger partial charge on any atom is -0.317 e. The molecule has 3 heterocycles. The summed E-state index contributed by atoms with van der Waals surface area (Å²) in [5.74, 6) is 0. The summed E-state index contributed by atoms with van der Waals surface area (Å²) < 4.78 is 1.31. The summed E-state index contributed by atoms with van der Waals surface area (Å²) in [6.07, 6.45) is 0. The van der Waals surface area contributed by atoms with E-state index in [4.69, 9.17) is 0 Å². The molecule has 0 unspecified atom stereocenters. The summed E-state index contributed by atoms with van der Waals surface area (Å²) in [6.45, 7) is 9.12. The first kappa shape index (κ1) is 11.4. The molecule has 2 heteroatoms. The predicted octanol–water partition coefficient (Wildman–Crippen LogP) is 2.49. The summed E-state index contributed by atoms with van der Waals surface area (Å²) >= 11 is 0. The maximum absolute atomic E-state index is 2.61. The van der Waals surface area contributed by atoms with Gasteiger partial charge >= 0.3 is 0 Å². The Kier molecular flexibility index (Phi) is 2.61. The number of hydrogen-bond donors (Lipinski definition) is 0. The van der Waals surface area contributed by atoms with Crippen LogP contribution < -0.4 is 0 Å². The fraction of sp³-hybridized carbons (Fsp3) is 0.412. The Morgan fingerprint density at radius 2 is 1.53 bits per heavy atom. The summed E-state index contributed by atoms with van der Waals surface area (Å²) in [6, 6.07) is 15.6. The van der Waals surface area contributed by atoms with Gasteiger partial charge in [0.25, 0.3) is 0 Å². The molecule has 0 spiro atoms. The highest BCUT2D eigenvalue weighted by Crippen LogP contribution is 2.27. The third kappa shape index (κ3) is 1.96. The van der Waals surface area contributed by atoms with Crippen molar-refractivity contribution in [2.75, 3.05) is 39.3 Å². The van der Waals surface area contributed by atoms with E-state index in [1.807, 2.05) is 0 Å². The molecule has 3 aliphatic rings. The van der Waals surface area contributed by atoms with Crippen molar-refractivity contribution in [1.29, 1.82) is 0 Å². The lowest BCUT2D eigenvalue weighted by atomic mass is 10.0. The fourth-order valence-electron chi connectivity index (χ4n) is 3.76. The Labute approximate surface area is 114 Å². The average Bonchev–Trinajstić information content (AvgIpc) is 2.49. The maximum Gasteiger partial charge on any atom is 0.105 e. The summed E-state index contributed by atoms with van der Waals surface area (Å²) in [5.41, 5.74) is 1.54. The van der Waals surface area contributed by atoms with E-state index < -0.39 is 0 Å². The molecule has 0 aromatic heterocycles. The van der Waals surface area contributed by atoms with Crippen molar-refractivity contribution in [3.05, 3.63) is 48.0 Å². The van der Waals surface area contributed by atoms with Gasteiger partial charge in [-0.2, -0.15) is 0 Å². The Hall–Kier alpha value is -1.38. The molecule has 0 amide bonds. The third-order valence-corrected chi connectivity index (χ3v) is 5.06. The van der Waals surface area contributed by atoms with Gasteiger partial charge in [0.05, 0.1) is 19.6 Å². The average molecular weight is 253 g/mol. The molecule has 0 saturated carbocycles. The molecule has 0 aliphatic carbocycles. The minimum absolute atomic E-state index is 1.22. The predicted molar refractivity (Wildman–Crippen MR) is 79.0 cm³/mol. The zero-order valence-corrected chi connectivity index (χ0v) is 11.4. The number of benzene rings is 2. The number of rotatable bonds is 2. The molecule has 3 saturated heterocycles. The zero-order chi connectivity index (χ0) is 12.7. The van der Waals surface area contributed by atoms with Gasteiger partial charge in [0.2, 0.25) is 0 Å². The van der Waals surface area contributed by atoms with Gasteiger partial charge in [-0.05, 0) is 10.8 Å². The molecule has 2 aromatic rings. The lowest BCUT2D eigenvalue weighted by Gasteiger charge is -2.50. The molecule has 0 N–H and O–H groups in total. The van der Waals surface area contributed by atoms with Crippen molar-refractivity contribution in [1.82, 2.24) is 4.90 Å². The van der Waals surface area contributed by atoms with Crippen molar-refractivity contribution >= 4 is 10.8 Å². The normalized spacial score (nSPS) is 29.8. The summed E-state index contributed by atoms with van der Waals surface area (Å²) in [7, 11) is 0. The van der Waals surface area contributed by atoms with Crippen LogP contribution in [-0.2, 0) is 6.54 Å². The van der Waals surface area contributed by atoms with Gasteiger partial charge in [0.15, 0.2) is 0 Å². The first-order chi connectivity index (χ1) is 9.35. The second kappa shape index (κ2) is 4.32. The van der Waals surface area contributed by atoms with Crippen molar-refractivity contribution in [2.45, 2.75) is 6.54 Å². The van der Waals surface area contributed by atoms with Gasteiger partial charge in [-0.15, -0.1) is 0 Å². The van der Waals surface area contributed by atoms with Gasteiger partial charge in [-0.3, -0.25) is 4.90 Å². The van der Waals surface area contributed by atoms with Crippen LogP contribution in [0.5, 0.6) is 0 Å². The third-order valence-electron chi connectivity index (χ3n) is 5.06. The fourth-order valence-corrected chi connectivity index (χ4v) is 3.76. The first-order valence-corrected chi connectivity index (χ1v) is 7.39. The Morgan fingerprint density at radius 3 is 2.32 bits per heavy atom. The molecule has 0 atom stereocenters. The monoisotopic (exact) mass is 253 g/mol. The highest BCUT2D eigenvalue weighted by atomic mass is 15.4. The lowest BCUT2D eigenvalue weighted by molar-refractivity contribution is -0.953. The molecule has 2 aromatic carbocycles. The Morgan fingerprint density at radius 1 is 0.842 bits per heavy atom. The smallest absolute Gasteiger partial charge is 0.105 e. The molecule has 2 nitrogen and oxygen atoms in total. The van der Waals surface area contributed by atoms with Gasteiger partial charge in [0, 0.05) is 25.2 Å². The van der Waals surface area contributed by atoms with Gasteiger partial charge < -0.3 is 4.48 Å². The van der Waals surface area contributed by atoms with Gasteiger partial charge in [-0.25, -0.2) is 0 Å². The molecular weight excluding hydrogens is 232 g/mol. The van der Waals surface area contributed by atoms with E-state index in [1.54, 1.807) is 0 Å². The van der Waals surface area contributed by atoms with E-state index in [-0.39, 0.29) is 0 Å². The molecule has 3 aliphatic heterocycles. The molecular formula is C17H21N2+. The van der Waals surface area contributed by atoms with Crippen LogP contribution in [0.2, 0.25) is 0 Å². The van der Waals surface area contributed by atoms with E-state index in [0.717, 1.165) is 0 Å². The van der Waals surface area contributed by atoms with Crippen molar-refractivity contribution in [3.63, 3.8) is 0 Å². The van der Waals surface area contributed by atoms with Crippen molar-refractivity contribution in [3.8, 4) is 0 Å². The van der Waals surface area contributed by atoms with Crippen molar-refractivity contribution in [2.24, 2.45) is 0 Å². The zero-order valence-electron chi connectivity index (χ0n) is 11.4. The maximum atomic E-state index is 2.61. The van der Waals surface area contributed by atoms with E-state index in [0.29, 0.717) is 0 Å². The standard InChI is InChI=1S/C17H21N2/c1-2-7-17-15(4-1)5-3-6-16(17)14-19-11-8-18(9-12-19)10-13-19/h1-7H,8-14H2/q+1. The molecule has 0 radical (unpaired) electrons. The molecule has 19 heavy (non-hydrogen) atoms. The number of fused-ring (bicyclic) bond motifs is 4. The number of nitrogens with zero attached hydrogens (tertiary/aromatic N) is 2. The van der Waals surface area contributed by atoms with Crippen LogP contribution in [0.3, 0.4) is 0 Å². The second-order valence-corrected chi connectivity index (χ2v) is 6.15. The lowest BCUT2D eigenvalue weighted by Crippen LogP contribution is -2.66. The van der Waals surface area contributed by atoms with E-state index in [2.05, 4.69) is 47.4 Å². The molecule has 5 rings (SSSR count). The summed E-state index contributed by atoms with van der Waals surface area (Å²) in [5, 5.41) is 2.83. The number of piperazine rings is 3. The SMILES string of the molecule is c1ccc2c(C[N+]34CCN(CC3)CC4)cccc2c1. The van der Waals surface area contributed by atoms with Crippen LogP contribution in [0.25, 0.3) is 10.8 Å². The first-order valence-electron chi connectivity index (χ1n) is 7.39. The minimum atomic E-state index is 1.22. The van der Waals surface area contributed by atoms with Crippen LogP contribution in [0, 0.1) is 0 Å². The second-order valence-electron chi connectivity index (χ2n) is 6.15.